The molecule has 6 aromatic carbocycles. The fourth-order valence-corrected chi connectivity index (χ4v) is 9.15. The third-order valence-electron chi connectivity index (χ3n) is 11.6. The number of aromatic nitrogens is 2. The Hall–Kier alpha value is -6.99. The smallest absolute Gasteiger partial charge is 0.261 e. The van der Waals surface area contributed by atoms with Gasteiger partial charge >= 0.3 is 0 Å². The minimum Gasteiger partial charge on any atom is -0.487 e. The topological polar surface area (TPSA) is 125 Å². The van der Waals surface area contributed by atoms with Crippen LogP contribution in [-0.4, -0.2) is 59.9 Å². The molecule has 2 aliphatic heterocycles. The van der Waals surface area contributed by atoms with Crippen molar-refractivity contribution < 1.29 is 28.7 Å². The van der Waals surface area contributed by atoms with Crippen LogP contribution in [0.5, 0.6) is 11.5 Å². The van der Waals surface area contributed by atoms with Crippen LogP contribution in [-0.2, 0) is 26.1 Å². The number of nitrogens with zero attached hydrogens (tertiary/aromatic N) is 2. The maximum absolute atomic E-state index is 12.9. The number of hydrogen-bond donors (Lipinski definition) is 2. The summed E-state index contributed by atoms with van der Waals surface area (Å²) in [6, 6.07) is 45.5. The zero-order chi connectivity index (χ0) is 43.5. The van der Waals surface area contributed by atoms with Crippen molar-refractivity contribution in [2.24, 2.45) is 0 Å². The molecule has 11 heteroatoms. The molecule has 0 radical (unpaired) electrons. The first-order chi connectivity index (χ1) is 30.8. The highest BCUT2D eigenvalue weighted by Gasteiger charge is 2.40. The van der Waals surface area contributed by atoms with E-state index in [0.717, 1.165) is 55.6 Å². The summed E-state index contributed by atoms with van der Waals surface area (Å²) >= 11 is 2.25. The van der Waals surface area contributed by atoms with E-state index in [4.69, 9.17) is 9.47 Å². The van der Waals surface area contributed by atoms with E-state index in [2.05, 4.69) is 32.6 Å². The highest BCUT2D eigenvalue weighted by Crippen LogP contribution is 2.33. The number of halogens is 1. The number of para-hydroxylation sites is 2. The van der Waals surface area contributed by atoms with Crippen LogP contribution in [0, 0.1) is 0 Å². The monoisotopic (exact) mass is 946 g/mol. The Bertz CT molecular complexity index is 2910. The molecule has 8 aromatic rings. The lowest BCUT2D eigenvalue weighted by atomic mass is 10.0. The molecule has 0 bridgehead atoms. The molecule has 2 N–H and O–H groups in total. The van der Waals surface area contributed by atoms with Crippen molar-refractivity contribution in [2.75, 3.05) is 4.43 Å². The quantitative estimate of drug-likeness (QED) is 0.0674. The fraction of sp³-hybridized carbons (Fsp3) is 0.154. The summed E-state index contributed by atoms with van der Waals surface area (Å²) in [5.41, 5.74) is 8.09. The first-order valence-electron chi connectivity index (χ1n) is 20.8. The highest BCUT2D eigenvalue weighted by molar-refractivity contribution is 14.1. The lowest BCUT2D eigenvalue weighted by Crippen LogP contribution is -2.42. The second kappa shape index (κ2) is 18.2. The van der Waals surface area contributed by atoms with Crippen molar-refractivity contribution in [1.82, 2.24) is 19.8 Å². The standard InChI is InChI=1S/C26H21IN2O3.C26H22N2O3/c27-14-19(29-25(30)21-9-4-5-10-22(21)26(29)31)13-18-15-28-24-20(18)11-6-12-23(24)32-16-17-7-2-1-3-8-17;1-17(28-25(29)21-10-5-6-11-22(21)26(28)30)14-19-15-27-24-20(19)12-7-13-23(24)31-16-18-8-3-2-4-9-18/h1-12,15,19,28H,13-14,16H2;2-13,15,17,27H,14,16H2,1H3/t19-;17-/m01/s1. The minimum atomic E-state index is -0.264. The summed E-state index contributed by atoms with van der Waals surface area (Å²) in [4.78, 5) is 60.9. The predicted octanol–water partition coefficient (Wildman–Crippen LogP) is 10.4. The summed E-state index contributed by atoms with van der Waals surface area (Å²) in [5, 5.41) is 2.08. The zero-order valence-electron chi connectivity index (χ0n) is 34.4. The molecule has 0 saturated carbocycles. The molecule has 0 spiro atoms. The Morgan fingerprint density at radius 1 is 0.492 bits per heavy atom. The highest BCUT2D eigenvalue weighted by atomic mass is 127. The van der Waals surface area contributed by atoms with Crippen molar-refractivity contribution in [3.8, 4) is 11.5 Å². The van der Waals surface area contributed by atoms with E-state index in [1.54, 1.807) is 48.5 Å². The average Bonchev–Trinajstić information content (AvgIpc) is 4.07. The number of nitrogens with one attached hydrogen (secondary N) is 2. The molecular weight excluding hydrogens is 903 g/mol. The van der Waals surface area contributed by atoms with Crippen molar-refractivity contribution in [2.45, 2.75) is 45.1 Å². The van der Waals surface area contributed by atoms with Gasteiger partial charge in [-0.2, -0.15) is 0 Å². The third kappa shape index (κ3) is 8.23. The molecule has 10 rings (SSSR count). The second-order valence-electron chi connectivity index (χ2n) is 15.7. The maximum Gasteiger partial charge on any atom is 0.261 e. The molecule has 2 atom stereocenters. The normalized spacial score (nSPS) is 14.1. The summed E-state index contributed by atoms with van der Waals surface area (Å²) in [6.45, 7) is 2.88. The van der Waals surface area contributed by atoms with Gasteiger partial charge in [0, 0.05) is 33.6 Å². The molecule has 0 saturated heterocycles. The van der Waals surface area contributed by atoms with E-state index in [-0.39, 0.29) is 35.7 Å². The van der Waals surface area contributed by atoms with Gasteiger partial charge in [-0.3, -0.25) is 29.0 Å². The van der Waals surface area contributed by atoms with E-state index < -0.39 is 0 Å². The number of carbonyl (C=O) groups excluding carboxylic acids is 4. The molecule has 0 fully saturated rings. The molecular formula is C52H43IN4O6. The van der Waals surface area contributed by atoms with E-state index >= 15 is 0 Å². The second-order valence-corrected chi connectivity index (χ2v) is 16.5. The molecule has 0 aliphatic carbocycles. The van der Waals surface area contributed by atoms with Gasteiger partial charge in [-0.05, 0) is 78.4 Å². The largest absolute Gasteiger partial charge is 0.487 e. The van der Waals surface area contributed by atoms with Crippen LogP contribution >= 0.6 is 22.6 Å². The number of amides is 4. The number of hydrogen-bond acceptors (Lipinski definition) is 6. The number of benzene rings is 6. The van der Waals surface area contributed by atoms with Crippen LogP contribution in [0.3, 0.4) is 0 Å². The van der Waals surface area contributed by atoms with Gasteiger partial charge < -0.3 is 19.4 Å². The van der Waals surface area contributed by atoms with Crippen molar-refractivity contribution >= 4 is 68.0 Å². The molecule has 0 unspecified atom stereocenters. The van der Waals surface area contributed by atoms with E-state index in [1.165, 1.54) is 9.80 Å². The Kier molecular flexibility index (Phi) is 11.9. The summed E-state index contributed by atoms with van der Waals surface area (Å²) in [6.07, 6.45) is 5.04. The summed E-state index contributed by atoms with van der Waals surface area (Å²) < 4.78 is 12.8. The predicted molar refractivity (Wildman–Crippen MR) is 252 cm³/mol. The number of H-pyrrole nitrogens is 2. The third-order valence-corrected chi connectivity index (χ3v) is 12.6. The van der Waals surface area contributed by atoms with Gasteiger partial charge in [0.05, 0.1) is 39.3 Å². The van der Waals surface area contributed by atoms with Crippen LogP contribution in [0.4, 0.5) is 0 Å². The van der Waals surface area contributed by atoms with Gasteiger partial charge in [0.15, 0.2) is 0 Å². The molecule has 2 aromatic heterocycles. The first-order valence-corrected chi connectivity index (χ1v) is 22.3. The van der Waals surface area contributed by atoms with Crippen LogP contribution in [0.2, 0.25) is 0 Å². The minimum absolute atomic E-state index is 0.209. The zero-order valence-corrected chi connectivity index (χ0v) is 36.6. The van der Waals surface area contributed by atoms with Crippen molar-refractivity contribution in [3.05, 3.63) is 202 Å². The molecule has 4 amide bonds. The lowest BCUT2D eigenvalue weighted by Gasteiger charge is -2.24. The van der Waals surface area contributed by atoms with Crippen molar-refractivity contribution in [3.63, 3.8) is 0 Å². The van der Waals surface area contributed by atoms with Crippen LogP contribution in [0.15, 0.2) is 158 Å². The Balaban J connectivity index is 0.000000160. The number of carbonyl (C=O) groups is 4. The Morgan fingerprint density at radius 3 is 1.32 bits per heavy atom. The SMILES string of the molecule is C[C@H](Cc1c[nH]c2c(OCc3ccccc3)cccc12)N1C(=O)c2ccccc2C1=O.O=C1c2ccccc2C(=O)N1[C@H](CI)Cc1c[nH]c2c(OCc3ccccc3)cccc12. The Morgan fingerprint density at radius 2 is 0.889 bits per heavy atom. The molecule has 10 nitrogen and oxygen atoms in total. The average molecular weight is 947 g/mol. The number of imide groups is 2. The number of ether oxygens (including phenoxy) is 2. The van der Waals surface area contributed by atoms with Gasteiger partial charge in [-0.1, -0.05) is 132 Å². The number of aromatic amines is 2. The number of rotatable bonds is 13. The first kappa shape index (κ1) is 41.4. The van der Waals surface area contributed by atoms with Gasteiger partial charge in [0.25, 0.3) is 23.6 Å². The van der Waals surface area contributed by atoms with E-state index in [1.807, 2.05) is 116 Å². The number of alkyl halides is 1. The van der Waals surface area contributed by atoms with E-state index in [9.17, 15) is 19.2 Å². The van der Waals surface area contributed by atoms with Gasteiger partial charge in [-0.25, -0.2) is 0 Å². The van der Waals surface area contributed by atoms with Gasteiger partial charge in [0.2, 0.25) is 0 Å². The van der Waals surface area contributed by atoms with Gasteiger partial charge in [-0.15, -0.1) is 0 Å². The summed E-state index contributed by atoms with van der Waals surface area (Å²) in [7, 11) is 0. The molecule has 4 heterocycles. The summed E-state index contributed by atoms with van der Waals surface area (Å²) in [5.74, 6) is 0.697. The molecule has 314 valence electrons. The molecule has 2 aliphatic rings. The number of fused-ring (bicyclic) bond motifs is 4. The fourth-order valence-electron chi connectivity index (χ4n) is 8.44. The lowest BCUT2D eigenvalue weighted by molar-refractivity contribution is 0.0583. The van der Waals surface area contributed by atoms with Crippen LogP contribution in [0.1, 0.15) is 70.6 Å². The maximum atomic E-state index is 12.9. The van der Waals surface area contributed by atoms with Crippen molar-refractivity contribution in [1.29, 1.82) is 0 Å². The van der Waals surface area contributed by atoms with Gasteiger partial charge in [0.1, 0.15) is 24.7 Å². The molecule has 63 heavy (non-hydrogen) atoms. The van der Waals surface area contributed by atoms with E-state index in [0.29, 0.717) is 52.7 Å². The van der Waals surface area contributed by atoms with Crippen LogP contribution in [0.25, 0.3) is 21.8 Å². The van der Waals surface area contributed by atoms with Crippen LogP contribution < -0.4 is 9.47 Å². The Labute approximate surface area is 378 Å².